The minimum atomic E-state index is 0.0313. The Labute approximate surface area is 96.0 Å². The SMILES string of the molecule is CN1CC(=O)N(CCCCCS)CC1=O. The van der Waals surface area contributed by atoms with Gasteiger partial charge in [0.15, 0.2) is 0 Å². The molecule has 0 aromatic heterocycles. The first kappa shape index (κ1) is 12.4. The molecule has 0 saturated carbocycles. The minimum Gasteiger partial charge on any atom is -0.335 e. The molecule has 4 nitrogen and oxygen atoms in total. The molecule has 0 aromatic rings. The zero-order valence-corrected chi connectivity index (χ0v) is 10.0. The van der Waals surface area contributed by atoms with Gasteiger partial charge in [0.1, 0.15) is 0 Å². The summed E-state index contributed by atoms with van der Waals surface area (Å²) in [7, 11) is 1.67. The van der Waals surface area contributed by atoms with E-state index in [1.54, 1.807) is 11.9 Å². The zero-order valence-electron chi connectivity index (χ0n) is 9.11. The van der Waals surface area contributed by atoms with Crippen molar-refractivity contribution in [2.75, 3.05) is 32.4 Å². The van der Waals surface area contributed by atoms with Crippen LogP contribution in [0.1, 0.15) is 19.3 Å². The molecule has 0 aliphatic carbocycles. The van der Waals surface area contributed by atoms with E-state index >= 15 is 0 Å². The van der Waals surface area contributed by atoms with Crippen LogP contribution in [-0.4, -0.2) is 54.0 Å². The van der Waals surface area contributed by atoms with Gasteiger partial charge >= 0.3 is 0 Å². The van der Waals surface area contributed by atoms with Gasteiger partial charge in [-0.25, -0.2) is 0 Å². The summed E-state index contributed by atoms with van der Waals surface area (Å²) < 4.78 is 0. The maximum Gasteiger partial charge on any atom is 0.242 e. The topological polar surface area (TPSA) is 40.6 Å². The van der Waals surface area contributed by atoms with Crippen LogP contribution in [0.5, 0.6) is 0 Å². The molecular weight excluding hydrogens is 212 g/mol. The summed E-state index contributed by atoms with van der Waals surface area (Å²) >= 11 is 4.12. The van der Waals surface area contributed by atoms with E-state index < -0.39 is 0 Å². The fraction of sp³-hybridized carbons (Fsp3) is 0.800. The number of hydrogen-bond donors (Lipinski definition) is 1. The second kappa shape index (κ2) is 6.00. The van der Waals surface area contributed by atoms with Crippen molar-refractivity contribution in [2.24, 2.45) is 0 Å². The number of nitrogens with zero attached hydrogens (tertiary/aromatic N) is 2. The molecule has 0 N–H and O–H groups in total. The van der Waals surface area contributed by atoms with Gasteiger partial charge in [0.25, 0.3) is 0 Å². The molecule has 0 radical (unpaired) electrons. The van der Waals surface area contributed by atoms with E-state index in [9.17, 15) is 9.59 Å². The lowest BCUT2D eigenvalue weighted by Gasteiger charge is -2.31. The first-order valence-corrected chi connectivity index (χ1v) is 5.91. The molecule has 1 aliphatic rings. The molecule has 5 heteroatoms. The highest BCUT2D eigenvalue weighted by molar-refractivity contribution is 7.80. The van der Waals surface area contributed by atoms with Crippen LogP contribution >= 0.6 is 12.6 Å². The van der Waals surface area contributed by atoms with Crippen molar-refractivity contribution in [1.82, 2.24) is 9.80 Å². The largest absolute Gasteiger partial charge is 0.335 e. The van der Waals surface area contributed by atoms with Gasteiger partial charge in [-0.2, -0.15) is 12.6 Å². The van der Waals surface area contributed by atoms with Crippen molar-refractivity contribution in [3.8, 4) is 0 Å². The number of rotatable bonds is 5. The van der Waals surface area contributed by atoms with Gasteiger partial charge in [-0.05, 0) is 18.6 Å². The van der Waals surface area contributed by atoms with Crippen LogP contribution in [0.15, 0.2) is 0 Å². The number of carbonyl (C=O) groups is 2. The Kier molecular flexibility index (Phi) is 4.94. The molecule has 0 aromatic carbocycles. The number of piperazine rings is 1. The van der Waals surface area contributed by atoms with Crippen molar-refractivity contribution >= 4 is 24.4 Å². The number of carbonyl (C=O) groups excluding carboxylic acids is 2. The summed E-state index contributed by atoms with van der Waals surface area (Å²) in [5.41, 5.74) is 0. The van der Waals surface area contributed by atoms with Gasteiger partial charge in [0.05, 0.1) is 13.1 Å². The predicted octanol–water partition coefficient (Wildman–Crippen LogP) is 0.387. The number of amides is 2. The molecule has 1 aliphatic heterocycles. The number of hydrogen-bond acceptors (Lipinski definition) is 3. The van der Waals surface area contributed by atoms with Gasteiger partial charge < -0.3 is 9.80 Å². The zero-order chi connectivity index (χ0) is 11.3. The van der Waals surface area contributed by atoms with Gasteiger partial charge in [0.2, 0.25) is 11.8 Å². The quantitative estimate of drug-likeness (QED) is 0.548. The smallest absolute Gasteiger partial charge is 0.242 e. The lowest BCUT2D eigenvalue weighted by molar-refractivity contribution is -0.148. The Bertz CT molecular complexity index is 246. The molecule has 86 valence electrons. The third-order valence-electron chi connectivity index (χ3n) is 2.56. The van der Waals surface area contributed by atoms with Crippen LogP contribution in [0.4, 0.5) is 0 Å². The highest BCUT2D eigenvalue weighted by Gasteiger charge is 2.26. The molecule has 15 heavy (non-hydrogen) atoms. The summed E-state index contributed by atoms with van der Waals surface area (Å²) in [6, 6.07) is 0. The van der Waals surface area contributed by atoms with Crippen LogP contribution in [0.25, 0.3) is 0 Å². The average molecular weight is 230 g/mol. The highest BCUT2D eigenvalue weighted by Crippen LogP contribution is 2.05. The Morgan fingerprint density at radius 1 is 1.13 bits per heavy atom. The summed E-state index contributed by atoms with van der Waals surface area (Å²) in [4.78, 5) is 26.0. The van der Waals surface area contributed by atoms with E-state index in [2.05, 4.69) is 12.6 Å². The first-order chi connectivity index (χ1) is 7.15. The van der Waals surface area contributed by atoms with Crippen molar-refractivity contribution in [3.63, 3.8) is 0 Å². The van der Waals surface area contributed by atoms with Crippen molar-refractivity contribution < 1.29 is 9.59 Å². The fourth-order valence-electron chi connectivity index (χ4n) is 1.56. The molecule has 1 heterocycles. The van der Waals surface area contributed by atoms with E-state index in [-0.39, 0.29) is 24.9 Å². The van der Waals surface area contributed by atoms with Crippen molar-refractivity contribution in [1.29, 1.82) is 0 Å². The Morgan fingerprint density at radius 2 is 1.87 bits per heavy atom. The molecule has 0 unspecified atom stereocenters. The number of thiol groups is 1. The van der Waals surface area contributed by atoms with Gasteiger partial charge in [-0.1, -0.05) is 6.42 Å². The molecule has 0 bridgehead atoms. The standard InChI is InChI=1S/C10H18N2O2S/c1-11-7-10(14)12(8-9(11)13)5-3-2-4-6-15/h15H,2-8H2,1H3. The monoisotopic (exact) mass is 230 g/mol. The van der Waals surface area contributed by atoms with Crippen LogP contribution in [0.3, 0.4) is 0 Å². The normalized spacial score (nSPS) is 17.5. The number of likely N-dealkylation sites (N-methyl/N-ethyl adjacent to an activating group) is 1. The van der Waals surface area contributed by atoms with Gasteiger partial charge in [-0.15, -0.1) is 0 Å². The third-order valence-corrected chi connectivity index (χ3v) is 2.88. The second-order valence-corrected chi connectivity index (χ2v) is 4.30. The van der Waals surface area contributed by atoms with Crippen LogP contribution in [-0.2, 0) is 9.59 Å². The summed E-state index contributed by atoms with van der Waals surface area (Å²) in [6.07, 6.45) is 3.10. The fourth-order valence-corrected chi connectivity index (χ4v) is 1.78. The minimum absolute atomic E-state index is 0.0313. The lowest BCUT2D eigenvalue weighted by atomic mass is 10.2. The van der Waals surface area contributed by atoms with Crippen LogP contribution < -0.4 is 0 Å². The van der Waals surface area contributed by atoms with E-state index in [1.165, 1.54) is 4.90 Å². The Hall–Kier alpha value is -0.710. The van der Waals surface area contributed by atoms with Crippen molar-refractivity contribution in [2.45, 2.75) is 19.3 Å². The van der Waals surface area contributed by atoms with Crippen LogP contribution in [0, 0.1) is 0 Å². The molecular formula is C10H18N2O2S. The summed E-state index contributed by atoms with van der Waals surface area (Å²) in [5, 5.41) is 0. The molecule has 0 atom stereocenters. The molecule has 0 spiro atoms. The Balaban J connectivity index is 2.29. The third kappa shape index (κ3) is 3.74. The van der Waals surface area contributed by atoms with E-state index in [0.717, 1.165) is 25.0 Å². The van der Waals surface area contributed by atoms with Gasteiger partial charge in [-0.3, -0.25) is 9.59 Å². The summed E-state index contributed by atoms with van der Waals surface area (Å²) in [6.45, 7) is 1.17. The molecule has 1 fully saturated rings. The second-order valence-electron chi connectivity index (χ2n) is 3.85. The van der Waals surface area contributed by atoms with E-state index in [4.69, 9.17) is 0 Å². The maximum absolute atomic E-state index is 11.5. The van der Waals surface area contributed by atoms with E-state index in [0.29, 0.717) is 6.54 Å². The van der Waals surface area contributed by atoms with Crippen LogP contribution in [0.2, 0.25) is 0 Å². The van der Waals surface area contributed by atoms with Crippen molar-refractivity contribution in [3.05, 3.63) is 0 Å². The number of unbranched alkanes of at least 4 members (excludes halogenated alkanes) is 2. The average Bonchev–Trinajstić information content (AvgIpc) is 2.20. The first-order valence-electron chi connectivity index (χ1n) is 5.27. The lowest BCUT2D eigenvalue weighted by Crippen LogP contribution is -2.52. The maximum atomic E-state index is 11.5. The molecule has 2 amide bonds. The predicted molar refractivity (Wildman–Crippen MR) is 61.9 cm³/mol. The Morgan fingerprint density at radius 3 is 2.53 bits per heavy atom. The summed E-state index contributed by atoms with van der Waals surface area (Å²) in [5.74, 6) is 0.974. The highest BCUT2D eigenvalue weighted by atomic mass is 32.1. The molecule has 1 saturated heterocycles. The molecule has 1 rings (SSSR count). The van der Waals surface area contributed by atoms with Gasteiger partial charge in [0, 0.05) is 13.6 Å². The van der Waals surface area contributed by atoms with E-state index in [1.807, 2.05) is 0 Å².